The number of hydrogen-bond acceptors (Lipinski definition) is 2. The number of rotatable bonds is 1. The van der Waals surface area contributed by atoms with Crippen LogP contribution in [0, 0.1) is 0 Å². The van der Waals surface area contributed by atoms with Gasteiger partial charge in [-0.05, 0) is 12.1 Å². The van der Waals surface area contributed by atoms with Crippen LogP contribution in [-0.2, 0) is 7.05 Å². The molecule has 0 saturated heterocycles. The fourth-order valence-corrected chi connectivity index (χ4v) is 1.32. The van der Waals surface area contributed by atoms with Crippen molar-refractivity contribution in [1.29, 1.82) is 0 Å². The molecular formula is C8H8BN2O2. The van der Waals surface area contributed by atoms with Crippen LogP contribution < -0.4 is 11.2 Å². The van der Waals surface area contributed by atoms with Crippen LogP contribution in [0.25, 0.3) is 11.0 Å². The first-order chi connectivity index (χ1) is 6.22. The van der Waals surface area contributed by atoms with Crippen LogP contribution in [0.1, 0.15) is 0 Å². The zero-order valence-electron chi connectivity index (χ0n) is 7.11. The van der Waals surface area contributed by atoms with E-state index in [2.05, 4.69) is 4.98 Å². The van der Waals surface area contributed by atoms with E-state index in [-0.39, 0.29) is 5.69 Å². The Morgan fingerprint density at radius 1 is 1.54 bits per heavy atom. The molecular weight excluding hydrogens is 167 g/mol. The summed E-state index contributed by atoms with van der Waals surface area (Å²) >= 11 is 0. The second-order valence-corrected chi connectivity index (χ2v) is 2.89. The number of nitrogens with zero attached hydrogens (tertiary/aromatic N) is 1. The average Bonchev–Trinajstić information content (AvgIpc) is 2.43. The quantitative estimate of drug-likeness (QED) is 0.552. The normalized spacial score (nSPS) is 10.6. The highest BCUT2D eigenvalue weighted by atomic mass is 16.2. The number of aryl methyl sites for hydroxylation is 1. The highest BCUT2D eigenvalue weighted by Crippen LogP contribution is 2.05. The standard InChI is InChI=1S/C8H8BN2O2/c1-11-7-4-5(9-13)2-3-6(7)10-8(11)12/h2-4,13H,1H3,(H,10,12). The summed E-state index contributed by atoms with van der Waals surface area (Å²) in [4.78, 5) is 13.9. The van der Waals surface area contributed by atoms with E-state index in [0.717, 1.165) is 18.5 Å². The third-order valence-corrected chi connectivity index (χ3v) is 2.08. The average molecular weight is 175 g/mol. The third kappa shape index (κ3) is 1.17. The van der Waals surface area contributed by atoms with Gasteiger partial charge in [-0.15, -0.1) is 0 Å². The van der Waals surface area contributed by atoms with Gasteiger partial charge in [-0.2, -0.15) is 0 Å². The molecule has 0 atom stereocenters. The van der Waals surface area contributed by atoms with Gasteiger partial charge in [0.2, 0.25) is 0 Å². The number of H-pyrrole nitrogens is 1. The molecule has 2 N–H and O–H groups in total. The van der Waals surface area contributed by atoms with Crippen LogP contribution >= 0.6 is 0 Å². The van der Waals surface area contributed by atoms with Gasteiger partial charge in [-0.3, -0.25) is 4.57 Å². The maximum atomic E-state index is 11.2. The molecule has 1 aromatic carbocycles. The molecule has 0 aliphatic rings. The van der Waals surface area contributed by atoms with Crippen molar-refractivity contribution < 1.29 is 5.02 Å². The lowest BCUT2D eigenvalue weighted by atomic mass is 9.89. The molecule has 5 heteroatoms. The van der Waals surface area contributed by atoms with Gasteiger partial charge in [0.25, 0.3) is 0 Å². The second kappa shape index (κ2) is 2.78. The zero-order chi connectivity index (χ0) is 9.42. The lowest BCUT2D eigenvalue weighted by Gasteiger charge is -1.95. The minimum Gasteiger partial charge on any atom is -0.450 e. The zero-order valence-corrected chi connectivity index (χ0v) is 7.11. The Hall–Kier alpha value is -1.49. The minimum atomic E-state index is -0.148. The van der Waals surface area contributed by atoms with Crippen molar-refractivity contribution in [3.63, 3.8) is 0 Å². The van der Waals surface area contributed by atoms with Crippen molar-refractivity contribution in [1.82, 2.24) is 9.55 Å². The van der Waals surface area contributed by atoms with Gasteiger partial charge >= 0.3 is 13.2 Å². The molecule has 65 valence electrons. The number of benzene rings is 1. The Balaban J connectivity index is 2.82. The van der Waals surface area contributed by atoms with E-state index < -0.39 is 0 Å². The van der Waals surface area contributed by atoms with Crippen molar-refractivity contribution in [2.24, 2.45) is 7.05 Å². The second-order valence-electron chi connectivity index (χ2n) is 2.89. The number of imidazole rings is 1. The summed E-state index contributed by atoms with van der Waals surface area (Å²) in [6, 6.07) is 5.24. The van der Waals surface area contributed by atoms with Crippen LogP contribution in [0.3, 0.4) is 0 Å². The molecule has 0 saturated carbocycles. The Morgan fingerprint density at radius 2 is 2.31 bits per heavy atom. The summed E-state index contributed by atoms with van der Waals surface area (Å²) in [5.41, 5.74) is 2.10. The molecule has 4 nitrogen and oxygen atoms in total. The Morgan fingerprint density at radius 3 is 3.00 bits per heavy atom. The van der Waals surface area contributed by atoms with E-state index >= 15 is 0 Å². The highest BCUT2D eigenvalue weighted by Gasteiger charge is 2.03. The summed E-state index contributed by atoms with van der Waals surface area (Å²) in [5.74, 6) is 0. The summed E-state index contributed by atoms with van der Waals surface area (Å²) in [5, 5.41) is 8.77. The predicted molar refractivity (Wildman–Crippen MR) is 51.1 cm³/mol. The highest BCUT2D eigenvalue weighted by molar-refractivity contribution is 6.45. The molecule has 0 amide bonds. The molecule has 0 unspecified atom stereocenters. The Bertz CT molecular complexity index is 500. The molecule has 1 heterocycles. The van der Waals surface area contributed by atoms with Gasteiger partial charge in [0, 0.05) is 7.05 Å². The van der Waals surface area contributed by atoms with Gasteiger partial charge in [-0.25, -0.2) is 4.79 Å². The predicted octanol–water partition coefficient (Wildman–Crippen LogP) is -0.897. The SMILES string of the molecule is Cn1c(=O)[nH]c2ccc([B]O)cc21. The van der Waals surface area contributed by atoms with Crippen molar-refractivity contribution in [3.05, 3.63) is 28.7 Å². The monoisotopic (exact) mass is 175 g/mol. The molecule has 2 rings (SSSR count). The fourth-order valence-electron chi connectivity index (χ4n) is 1.32. The van der Waals surface area contributed by atoms with Crippen LogP contribution in [0.4, 0.5) is 0 Å². The van der Waals surface area contributed by atoms with Gasteiger partial charge in [0.15, 0.2) is 0 Å². The van der Waals surface area contributed by atoms with Crippen LogP contribution in [0.2, 0.25) is 0 Å². The fraction of sp³-hybridized carbons (Fsp3) is 0.125. The van der Waals surface area contributed by atoms with E-state index in [4.69, 9.17) is 5.02 Å². The molecule has 0 aliphatic carbocycles. The lowest BCUT2D eigenvalue weighted by Crippen LogP contribution is -2.14. The minimum absolute atomic E-state index is 0.148. The van der Waals surface area contributed by atoms with Crippen LogP contribution in [0.5, 0.6) is 0 Å². The van der Waals surface area contributed by atoms with Gasteiger partial charge in [0.1, 0.15) is 0 Å². The van der Waals surface area contributed by atoms with E-state index in [1.807, 2.05) is 0 Å². The van der Waals surface area contributed by atoms with E-state index in [0.29, 0.717) is 5.46 Å². The molecule has 0 bridgehead atoms. The number of fused-ring (bicyclic) bond motifs is 1. The topological polar surface area (TPSA) is 58.0 Å². The summed E-state index contributed by atoms with van der Waals surface area (Å²) in [7, 11) is 2.69. The van der Waals surface area contributed by atoms with E-state index in [1.165, 1.54) is 4.57 Å². The molecule has 1 aromatic heterocycles. The maximum Gasteiger partial charge on any atom is 0.326 e. The van der Waals surface area contributed by atoms with E-state index in [1.54, 1.807) is 25.2 Å². The van der Waals surface area contributed by atoms with Crippen molar-refractivity contribution >= 4 is 24.0 Å². The Kier molecular flexibility index (Phi) is 1.74. The smallest absolute Gasteiger partial charge is 0.326 e. The lowest BCUT2D eigenvalue weighted by molar-refractivity contribution is 0.615. The largest absolute Gasteiger partial charge is 0.450 e. The molecule has 2 aromatic rings. The number of hydrogen-bond donors (Lipinski definition) is 2. The number of aromatic nitrogens is 2. The first-order valence-electron chi connectivity index (χ1n) is 3.88. The van der Waals surface area contributed by atoms with Crippen LogP contribution in [0.15, 0.2) is 23.0 Å². The summed E-state index contributed by atoms with van der Waals surface area (Å²) < 4.78 is 1.50. The third-order valence-electron chi connectivity index (χ3n) is 2.08. The van der Waals surface area contributed by atoms with E-state index in [9.17, 15) is 4.79 Å². The molecule has 0 aliphatic heterocycles. The molecule has 0 fully saturated rings. The Labute approximate surface area is 75.1 Å². The molecule has 13 heavy (non-hydrogen) atoms. The number of nitrogens with one attached hydrogen (secondary N) is 1. The first kappa shape index (κ1) is 8.13. The van der Waals surface area contributed by atoms with Gasteiger partial charge in [0.05, 0.1) is 11.0 Å². The summed E-state index contributed by atoms with van der Waals surface area (Å²) in [6.07, 6.45) is 0. The van der Waals surface area contributed by atoms with Crippen molar-refractivity contribution in [2.75, 3.05) is 0 Å². The maximum absolute atomic E-state index is 11.2. The van der Waals surface area contributed by atoms with Crippen molar-refractivity contribution in [3.8, 4) is 0 Å². The molecule has 1 radical (unpaired) electrons. The van der Waals surface area contributed by atoms with Gasteiger partial charge < -0.3 is 10.0 Å². The summed E-state index contributed by atoms with van der Waals surface area (Å²) in [6.45, 7) is 0. The van der Waals surface area contributed by atoms with Gasteiger partial charge in [-0.1, -0.05) is 11.5 Å². The van der Waals surface area contributed by atoms with Crippen molar-refractivity contribution in [2.45, 2.75) is 0 Å². The first-order valence-corrected chi connectivity index (χ1v) is 3.88. The van der Waals surface area contributed by atoms with Crippen LogP contribution in [-0.4, -0.2) is 22.1 Å². The number of aromatic amines is 1. The molecule has 0 spiro atoms.